The Balaban J connectivity index is 2.88. The highest BCUT2D eigenvalue weighted by Gasteiger charge is 2.51. The minimum atomic E-state index is -2.11. The molecular formula is C26H29NO12S. The van der Waals surface area contributed by atoms with Crippen LogP contribution >= 0.6 is 11.8 Å². The van der Waals surface area contributed by atoms with Gasteiger partial charge in [0.15, 0.2) is 17.6 Å². The highest BCUT2D eigenvalue weighted by molar-refractivity contribution is 8.01. The van der Waals surface area contributed by atoms with Crippen LogP contribution in [0.3, 0.4) is 0 Å². The van der Waals surface area contributed by atoms with Crippen LogP contribution in [0.25, 0.3) is 0 Å². The molecule has 0 fully saturated rings. The predicted octanol–water partition coefficient (Wildman–Crippen LogP) is 1.90. The molecule has 0 saturated carbocycles. The molecule has 216 valence electrons. The van der Waals surface area contributed by atoms with E-state index in [1.165, 1.54) is 0 Å². The molecule has 1 aliphatic rings. The summed E-state index contributed by atoms with van der Waals surface area (Å²) in [7, 11) is 1.09. The highest BCUT2D eigenvalue weighted by atomic mass is 32.2. The van der Waals surface area contributed by atoms with Gasteiger partial charge in [-0.25, -0.2) is 4.79 Å². The molecule has 1 unspecified atom stereocenters. The first-order valence-electron chi connectivity index (χ1n) is 11.7. The van der Waals surface area contributed by atoms with Crippen molar-refractivity contribution < 1.29 is 57.2 Å². The van der Waals surface area contributed by atoms with Crippen LogP contribution in [0.5, 0.6) is 0 Å². The molecule has 1 aromatic carbocycles. The summed E-state index contributed by atoms with van der Waals surface area (Å²) in [5, 5.41) is 2.44. The van der Waals surface area contributed by atoms with Crippen LogP contribution in [0, 0.1) is 0 Å². The number of nitrogens with one attached hydrogen (secondary N) is 1. The molecule has 0 saturated heterocycles. The van der Waals surface area contributed by atoms with Gasteiger partial charge in [0.1, 0.15) is 12.3 Å². The summed E-state index contributed by atoms with van der Waals surface area (Å²) in [6, 6.07) is 8.47. The molecule has 1 amide bonds. The van der Waals surface area contributed by atoms with Crippen LogP contribution in [0.15, 0.2) is 58.5 Å². The van der Waals surface area contributed by atoms with Crippen LogP contribution in [0.2, 0.25) is 0 Å². The molecule has 3 atom stereocenters. The van der Waals surface area contributed by atoms with E-state index < -0.39 is 65.3 Å². The molecule has 0 spiro atoms. The van der Waals surface area contributed by atoms with Crippen molar-refractivity contribution in [2.45, 2.75) is 56.7 Å². The van der Waals surface area contributed by atoms with Crippen LogP contribution in [-0.2, 0) is 57.2 Å². The fraction of sp³-hybridized carbons (Fsp3) is 0.385. The third-order valence-corrected chi connectivity index (χ3v) is 5.95. The number of benzene rings is 1. The number of carbonyl (C=O) groups excluding carboxylic acids is 6. The van der Waals surface area contributed by atoms with Crippen molar-refractivity contribution in [3.63, 3.8) is 0 Å². The molecule has 1 N–H and O–H groups in total. The Kier molecular flexibility index (Phi) is 11.3. The molecular weight excluding hydrogens is 550 g/mol. The number of thioether (sulfide) groups is 1. The van der Waals surface area contributed by atoms with Crippen molar-refractivity contribution in [1.82, 2.24) is 5.32 Å². The fourth-order valence-electron chi connectivity index (χ4n) is 3.42. The van der Waals surface area contributed by atoms with E-state index in [0.717, 1.165) is 59.6 Å². The molecule has 2 rings (SSSR count). The van der Waals surface area contributed by atoms with Crippen LogP contribution in [-0.4, -0.2) is 66.6 Å². The molecule has 1 aliphatic heterocycles. The predicted molar refractivity (Wildman–Crippen MR) is 137 cm³/mol. The molecule has 14 heteroatoms. The van der Waals surface area contributed by atoms with Gasteiger partial charge < -0.3 is 33.7 Å². The maximum atomic E-state index is 13.3. The fourth-order valence-corrected chi connectivity index (χ4v) is 4.52. The highest BCUT2D eigenvalue weighted by Crippen LogP contribution is 2.44. The Bertz CT molecular complexity index is 1230. The molecule has 13 nitrogen and oxygen atoms in total. The molecule has 40 heavy (non-hydrogen) atoms. The Labute approximate surface area is 234 Å². The normalized spacial score (nSPS) is 17.7. The van der Waals surface area contributed by atoms with E-state index in [9.17, 15) is 28.8 Å². The zero-order chi connectivity index (χ0) is 30.0. The van der Waals surface area contributed by atoms with Crippen molar-refractivity contribution in [3.05, 3.63) is 53.6 Å². The average molecular weight is 580 g/mol. The topological polar surface area (TPSA) is 170 Å². The van der Waals surface area contributed by atoms with Crippen LogP contribution in [0.1, 0.15) is 34.6 Å². The van der Waals surface area contributed by atoms with Gasteiger partial charge in [0.25, 0.3) is 4.93 Å². The smallest absolute Gasteiger partial charge is 0.365 e. The minimum Gasteiger partial charge on any atom is -0.465 e. The van der Waals surface area contributed by atoms with Gasteiger partial charge in [0.2, 0.25) is 12.0 Å². The van der Waals surface area contributed by atoms with Gasteiger partial charge in [0.05, 0.1) is 7.11 Å². The Morgan fingerprint density at radius 2 is 1.52 bits per heavy atom. The summed E-state index contributed by atoms with van der Waals surface area (Å²) < 4.78 is 32.3. The summed E-state index contributed by atoms with van der Waals surface area (Å²) in [5.41, 5.74) is -0.317. The molecule has 0 aromatic heterocycles. The average Bonchev–Trinajstić information content (AvgIpc) is 2.85. The van der Waals surface area contributed by atoms with Crippen molar-refractivity contribution in [2.75, 3.05) is 13.7 Å². The lowest BCUT2D eigenvalue weighted by Gasteiger charge is -2.38. The maximum Gasteiger partial charge on any atom is 0.365 e. The third kappa shape index (κ3) is 8.86. The first-order chi connectivity index (χ1) is 18.8. The van der Waals surface area contributed by atoms with E-state index in [-0.39, 0.29) is 11.5 Å². The summed E-state index contributed by atoms with van der Waals surface area (Å²) >= 11 is 0.835. The Morgan fingerprint density at radius 3 is 2.02 bits per heavy atom. The van der Waals surface area contributed by atoms with E-state index in [1.807, 2.05) is 0 Å². The van der Waals surface area contributed by atoms with E-state index in [4.69, 9.17) is 28.4 Å². The standard InChI is InChI=1S/C26H29NO12S/c1-14(28)27-22-20(36-16(3)30)12-26(25(33)34-6,40-19-10-8-7-9-11-19)39-24(22)23(38-18(5)32)21(37-17(4)31)13-35-15(2)29/h7-12,21,23H,13H2,1-6H3,(H,27,28)/t21-,23+,26?/m1/s1. The summed E-state index contributed by atoms with van der Waals surface area (Å²) in [4.78, 5) is 71.7. The maximum absolute atomic E-state index is 13.3. The van der Waals surface area contributed by atoms with Crippen molar-refractivity contribution in [2.24, 2.45) is 0 Å². The second kappa shape index (κ2) is 14.2. The zero-order valence-corrected chi connectivity index (χ0v) is 23.4. The second-order valence-electron chi connectivity index (χ2n) is 8.18. The quantitative estimate of drug-likeness (QED) is 0.298. The van der Waals surface area contributed by atoms with E-state index >= 15 is 0 Å². The number of hydrogen-bond donors (Lipinski definition) is 1. The number of rotatable bonds is 11. The zero-order valence-electron chi connectivity index (χ0n) is 22.6. The van der Waals surface area contributed by atoms with Crippen molar-refractivity contribution in [3.8, 4) is 0 Å². The number of amides is 1. The largest absolute Gasteiger partial charge is 0.465 e. The Morgan fingerprint density at radius 1 is 0.900 bits per heavy atom. The summed E-state index contributed by atoms with van der Waals surface area (Å²) in [5.74, 6) is -5.79. The SMILES string of the molecule is COC(=O)C1(Sc2ccccc2)C=C(OC(C)=O)C(NC(C)=O)=C([C@@H](OC(C)=O)[C@@H](COC(C)=O)OC(C)=O)O1. The van der Waals surface area contributed by atoms with Gasteiger partial charge in [-0.2, -0.15) is 0 Å². The van der Waals surface area contributed by atoms with Gasteiger partial charge in [-0.3, -0.25) is 24.0 Å². The summed E-state index contributed by atoms with van der Waals surface area (Å²) in [6.45, 7) is 4.81. The number of ether oxygens (including phenoxy) is 6. The summed E-state index contributed by atoms with van der Waals surface area (Å²) in [6.07, 6.45) is -2.13. The van der Waals surface area contributed by atoms with Crippen molar-refractivity contribution >= 4 is 47.5 Å². The third-order valence-electron chi connectivity index (χ3n) is 4.77. The van der Waals surface area contributed by atoms with Crippen molar-refractivity contribution in [1.29, 1.82) is 0 Å². The lowest BCUT2D eigenvalue weighted by molar-refractivity contribution is -0.175. The van der Waals surface area contributed by atoms with Gasteiger partial charge in [-0.1, -0.05) is 30.0 Å². The second-order valence-corrected chi connectivity index (χ2v) is 9.46. The van der Waals surface area contributed by atoms with Gasteiger partial charge >= 0.3 is 29.8 Å². The first kappa shape index (κ1) is 31.9. The van der Waals surface area contributed by atoms with Crippen LogP contribution < -0.4 is 5.32 Å². The number of esters is 5. The molecule has 1 aromatic rings. The van der Waals surface area contributed by atoms with Gasteiger partial charge in [-0.15, -0.1) is 0 Å². The molecule has 0 bridgehead atoms. The number of hydrogen-bond acceptors (Lipinski definition) is 13. The lowest BCUT2D eigenvalue weighted by atomic mass is 10.1. The minimum absolute atomic E-state index is 0.317. The number of carbonyl (C=O) groups is 6. The van der Waals surface area contributed by atoms with E-state index in [0.29, 0.717) is 4.90 Å². The lowest BCUT2D eigenvalue weighted by Crippen LogP contribution is -2.48. The van der Waals surface area contributed by atoms with Crippen LogP contribution in [0.4, 0.5) is 0 Å². The number of methoxy groups -OCH3 is 1. The molecule has 0 radical (unpaired) electrons. The Hall–Kier alpha value is -4.33. The molecule has 1 heterocycles. The van der Waals surface area contributed by atoms with Gasteiger partial charge in [-0.05, 0) is 12.1 Å². The van der Waals surface area contributed by atoms with Gasteiger partial charge in [0, 0.05) is 45.6 Å². The monoisotopic (exact) mass is 579 g/mol. The van der Waals surface area contributed by atoms with E-state index in [1.54, 1.807) is 30.3 Å². The first-order valence-corrected chi connectivity index (χ1v) is 12.5. The molecule has 0 aliphatic carbocycles. The van der Waals surface area contributed by atoms with E-state index in [2.05, 4.69) is 5.32 Å².